The lowest BCUT2D eigenvalue weighted by atomic mass is 10.0. The van der Waals surface area contributed by atoms with E-state index in [-0.39, 0.29) is 11.6 Å². The minimum Gasteiger partial charge on any atom is -0.464 e. The van der Waals surface area contributed by atoms with E-state index in [2.05, 4.69) is 20.0 Å². The SMILES string of the molecule is COC(=O)c1cncc(NC(C(N)=O)C(C)C)n1. The van der Waals surface area contributed by atoms with Gasteiger partial charge in [0.05, 0.1) is 19.5 Å². The molecule has 1 unspecified atom stereocenters. The van der Waals surface area contributed by atoms with Crippen LogP contribution >= 0.6 is 0 Å². The van der Waals surface area contributed by atoms with Crippen molar-refractivity contribution in [1.29, 1.82) is 0 Å². The number of amides is 1. The van der Waals surface area contributed by atoms with Crippen LogP contribution in [-0.4, -0.2) is 35.0 Å². The second kappa shape index (κ2) is 5.95. The monoisotopic (exact) mass is 252 g/mol. The molecule has 1 aromatic rings. The van der Waals surface area contributed by atoms with Crippen molar-refractivity contribution >= 4 is 17.7 Å². The van der Waals surface area contributed by atoms with Gasteiger partial charge in [0.15, 0.2) is 5.69 Å². The molecule has 0 aliphatic rings. The number of nitrogens with one attached hydrogen (secondary N) is 1. The number of primary amides is 1. The Labute approximate surface area is 105 Å². The Morgan fingerprint density at radius 3 is 2.56 bits per heavy atom. The summed E-state index contributed by atoms with van der Waals surface area (Å²) >= 11 is 0. The molecule has 0 radical (unpaired) electrons. The lowest BCUT2D eigenvalue weighted by molar-refractivity contribution is -0.119. The van der Waals surface area contributed by atoms with E-state index < -0.39 is 17.9 Å². The van der Waals surface area contributed by atoms with Crippen LogP contribution in [0.5, 0.6) is 0 Å². The average molecular weight is 252 g/mol. The Bertz CT molecular complexity index is 448. The third kappa shape index (κ3) is 3.41. The summed E-state index contributed by atoms with van der Waals surface area (Å²) in [6.45, 7) is 3.69. The van der Waals surface area contributed by atoms with E-state index in [1.54, 1.807) is 0 Å². The standard InChI is InChI=1S/C11H16N4O3/c1-6(2)9(10(12)16)15-8-5-13-4-7(14-8)11(17)18-3/h4-6,9H,1-3H3,(H2,12,16)(H,14,15). The van der Waals surface area contributed by atoms with Crippen molar-refractivity contribution in [3.8, 4) is 0 Å². The van der Waals surface area contributed by atoms with Crippen LogP contribution in [0, 0.1) is 5.92 Å². The third-order valence-corrected chi connectivity index (χ3v) is 2.31. The molecule has 0 aromatic carbocycles. The Kier molecular flexibility index (Phi) is 4.59. The third-order valence-electron chi connectivity index (χ3n) is 2.31. The highest BCUT2D eigenvalue weighted by Crippen LogP contribution is 2.10. The fraction of sp³-hybridized carbons (Fsp3) is 0.455. The van der Waals surface area contributed by atoms with Crippen LogP contribution in [0.15, 0.2) is 12.4 Å². The van der Waals surface area contributed by atoms with Crippen LogP contribution < -0.4 is 11.1 Å². The average Bonchev–Trinajstić information content (AvgIpc) is 2.34. The Hall–Kier alpha value is -2.18. The van der Waals surface area contributed by atoms with Gasteiger partial charge in [-0.25, -0.2) is 9.78 Å². The van der Waals surface area contributed by atoms with Gasteiger partial charge in [-0.15, -0.1) is 0 Å². The maximum Gasteiger partial charge on any atom is 0.358 e. The number of hydrogen-bond donors (Lipinski definition) is 2. The van der Waals surface area contributed by atoms with Gasteiger partial charge in [0.1, 0.15) is 11.9 Å². The number of carbonyl (C=O) groups excluding carboxylic acids is 2. The Morgan fingerprint density at radius 2 is 2.06 bits per heavy atom. The molecule has 1 aromatic heterocycles. The molecule has 1 heterocycles. The number of aromatic nitrogens is 2. The van der Waals surface area contributed by atoms with Gasteiger partial charge in [0.25, 0.3) is 0 Å². The van der Waals surface area contributed by atoms with Crippen molar-refractivity contribution in [2.45, 2.75) is 19.9 Å². The molecule has 0 spiro atoms. The van der Waals surface area contributed by atoms with Crippen molar-refractivity contribution in [2.24, 2.45) is 11.7 Å². The number of anilines is 1. The highest BCUT2D eigenvalue weighted by atomic mass is 16.5. The lowest BCUT2D eigenvalue weighted by Gasteiger charge is -2.19. The van der Waals surface area contributed by atoms with E-state index in [4.69, 9.17) is 5.73 Å². The van der Waals surface area contributed by atoms with Crippen molar-refractivity contribution in [3.63, 3.8) is 0 Å². The van der Waals surface area contributed by atoms with Crippen LogP contribution in [0.25, 0.3) is 0 Å². The molecule has 0 aliphatic carbocycles. The molecular formula is C11H16N4O3. The normalized spacial score (nSPS) is 12.0. The summed E-state index contributed by atoms with van der Waals surface area (Å²) in [4.78, 5) is 30.4. The Balaban J connectivity index is 2.90. The molecule has 1 rings (SSSR count). The summed E-state index contributed by atoms with van der Waals surface area (Å²) in [6, 6.07) is -0.577. The fourth-order valence-electron chi connectivity index (χ4n) is 1.36. The van der Waals surface area contributed by atoms with Gasteiger partial charge in [0, 0.05) is 0 Å². The maximum absolute atomic E-state index is 11.3. The minimum absolute atomic E-state index is 0.00826. The molecule has 0 bridgehead atoms. The Morgan fingerprint density at radius 1 is 1.39 bits per heavy atom. The van der Waals surface area contributed by atoms with Crippen molar-refractivity contribution < 1.29 is 14.3 Å². The first-order chi connectivity index (χ1) is 8.45. The van der Waals surface area contributed by atoms with Crippen molar-refractivity contribution in [3.05, 3.63) is 18.1 Å². The number of esters is 1. The number of rotatable bonds is 5. The van der Waals surface area contributed by atoms with E-state index in [1.165, 1.54) is 19.5 Å². The highest BCUT2D eigenvalue weighted by molar-refractivity contribution is 5.87. The summed E-state index contributed by atoms with van der Waals surface area (Å²) in [5, 5.41) is 2.84. The fourth-order valence-corrected chi connectivity index (χ4v) is 1.36. The smallest absolute Gasteiger partial charge is 0.358 e. The molecule has 0 saturated carbocycles. The summed E-state index contributed by atoms with van der Waals surface area (Å²) in [5.74, 6) is -0.789. The van der Waals surface area contributed by atoms with Gasteiger partial charge < -0.3 is 15.8 Å². The van der Waals surface area contributed by atoms with Gasteiger partial charge >= 0.3 is 5.97 Å². The van der Waals surface area contributed by atoms with Crippen LogP contribution in [0.4, 0.5) is 5.82 Å². The first-order valence-corrected chi connectivity index (χ1v) is 5.42. The molecular weight excluding hydrogens is 236 g/mol. The van der Waals surface area contributed by atoms with Gasteiger partial charge in [-0.05, 0) is 5.92 Å². The number of ether oxygens (including phenoxy) is 1. The van der Waals surface area contributed by atoms with E-state index in [0.717, 1.165) is 0 Å². The first kappa shape index (κ1) is 13.9. The molecule has 1 amide bonds. The molecule has 0 aliphatic heterocycles. The molecule has 1 atom stereocenters. The molecule has 0 saturated heterocycles. The van der Waals surface area contributed by atoms with Gasteiger partial charge in [0.2, 0.25) is 5.91 Å². The molecule has 0 fully saturated rings. The maximum atomic E-state index is 11.3. The number of methoxy groups -OCH3 is 1. The first-order valence-electron chi connectivity index (χ1n) is 5.42. The molecule has 3 N–H and O–H groups in total. The lowest BCUT2D eigenvalue weighted by Crippen LogP contribution is -2.39. The molecule has 18 heavy (non-hydrogen) atoms. The van der Waals surface area contributed by atoms with Crippen molar-refractivity contribution in [2.75, 3.05) is 12.4 Å². The second-order valence-electron chi connectivity index (χ2n) is 4.05. The summed E-state index contributed by atoms with van der Waals surface area (Å²) in [6.07, 6.45) is 2.69. The highest BCUT2D eigenvalue weighted by Gasteiger charge is 2.20. The molecule has 7 heteroatoms. The molecule has 98 valence electrons. The molecule has 7 nitrogen and oxygen atoms in total. The second-order valence-corrected chi connectivity index (χ2v) is 4.05. The zero-order valence-electron chi connectivity index (χ0n) is 10.5. The van der Waals surface area contributed by atoms with E-state index in [1.807, 2.05) is 13.8 Å². The summed E-state index contributed by atoms with van der Waals surface area (Å²) < 4.78 is 4.53. The minimum atomic E-state index is -0.591. The number of nitrogens with two attached hydrogens (primary N) is 1. The van der Waals surface area contributed by atoms with Gasteiger partial charge in [-0.3, -0.25) is 9.78 Å². The largest absolute Gasteiger partial charge is 0.464 e. The topological polar surface area (TPSA) is 107 Å². The van der Waals surface area contributed by atoms with Crippen LogP contribution in [-0.2, 0) is 9.53 Å². The number of hydrogen-bond acceptors (Lipinski definition) is 6. The predicted octanol–water partition coefficient (Wildman–Crippen LogP) is 0.185. The van der Waals surface area contributed by atoms with Gasteiger partial charge in [-0.2, -0.15) is 0 Å². The van der Waals surface area contributed by atoms with Crippen LogP contribution in [0.1, 0.15) is 24.3 Å². The quantitative estimate of drug-likeness (QED) is 0.724. The van der Waals surface area contributed by atoms with Gasteiger partial charge in [-0.1, -0.05) is 13.8 Å². The van der Waals surface area contributed by atoms with E-state index in [9.17, 15) is 9.59 Å². The summed E-state index contributed by atoms with van der Waals surface area (Å²) in [7, 11) is 1.25. The van der Waals surface area contributed by atoms with Crippen molar-refractivity contribution in [1.82, 2.24) is 9.97 Å². The van der Waals surface area contributed by atoms with Crippen LogP contribution in [0.3, 0.4) is 0 Å². The van der Waals surface area contributed by atoms with E-state index >= 15 is 0 Å². The zero-order valence-corrected chi connectivity index (χ0v) is 10.5. The summed E-state index contributed by atoms with van der Waals surface area (Å²) in [5.41, 5.74) is 5.33. The predicted molar refractivity (Wildman–Crippen MR) is 64.8 cm³/mol. The van der Waals surface area contributed by atoms with E-state index in [0.29, 0.717) is 5.82 Å². The zero-order chi connectivity index (χ0) is 13.7. The van der Waals surface area contributed by atoms with Crippen LogP contribution in [0.2, 0.25) is 0 Å². The number of carbonyl (C=O) groups is 2. The number of nitrogens with zero attached hydrogens (tertiary/aromatic N) is 2.